The second kappa shape index (κ2) is 11.2. The first-order valence-corrected chi connectivity index (χ1v) is 9.84. The van der Waals surface area contributed by atoms with Crippen LogP contribution in [0.3, 0.4) is 0 Å². The fourth-order valence-electron chi connectivity index (χ4n) is 2.98. The Morgan fingerprint density at radius 3 is 1.15 bits per heavy atom. The van der Waals surface area contributed by atoms with Crippen molar-refractivity contribution in [3.05, 3.63) is 70.8 Å². The van der Waals surface area contributed by atoms with E-state index in [1.807, 2.05) is 0 Å². The number of benzene rings is 2. The molecule has 2 nitrogen and oxygen atoms in total. The molecule has 0 spiro atoms. The average Bonchev–Trinajstić information content (AvgIpc) is 2.60. The maximum absolute atomic E-state index is 5.72. The van der Waals surface area contributed by atoms with Crippen molar-refractivity contribution in [2.45, 2.75) is 53.8 Å². The van der Waals surface area contributed by atoms with E-state index in [9.17, 15) is 0 Å². The van der Waals surface area contributed by atoms with E-state index in [2.05, 4.69) is 76.2 Å². The first kappa shape index (κ1) is 20.7. The Labute approximate surface area is 159 Å². The molecule has 2 aromatic carbocycles. The molecule has 2 heteroatoms. The van der Waals surface area contributed by atoms with Gasteiger partial charge in [-0.25, -0.2) is 0 Å². The summed E-state index contributed by atoms with van der Waals surface area (Å²) >= 11 is 0. The minimum atomic E-state index is 0.624. The van der Waals surface area contributed by atoms with Crippen molar-refractivity contribution in [1.29, 1.82) is 0 Å². The van der Waals surface area contributed by atoms with Gasteiger partial charge in [0.05, 0.1) is 26.4 Å². The van der Waals surface area contributed by atoms with E-state index in [4.69, 9.17) is 9.47 Å². The van der Waals surface area contributed by atoms with Crippen LogP contribution in [0.1, 0.15) is 49.9 Å². The second-order valence-corrected chi connectivity index (χ2v) is 7.93. The van der Waals surface area contributed by atoms with Crippen LogP contribution in [-0.4, -0.2) is 13.2 Å². The lowest BCUT2D eigenvalue weighted by molar-refractivity contribution is 0.0339. The normalized spacial score (nSPS) is 11.5. The standard InChI is InChI=1S/C24H34O2/c1-19(2)15-21-5-9-23(10-6-21)17-25-13-14-26-18-24-11-7-22(8-12-24)16-20(3)4/h5-12,19-20H,13-18H2,1-4H3. The Balaban J connectivity index is 1.59. The Bertz CT molecular complexity index is 554. The molecule has 26 heavy (non-hydrogen) atoms. The van der Waals surface area contributed by atoms with Crippen LogP contribution in [0.5, 0.6) is 0 Å². The molecule has 0 atom stereocenters. The third-order valence-corrected chi connectivity index (χ3v) is 4.24. The summed E-state index contributed by atoms with van der Waals surface area (Å²) in [5.74, 6) is 1.39. The van der Waals surface area contributed by atoms with Gasteiger partial charge in [-0.05, 0) is 46.9 Å². The van der Waals surface area contributed by atoms with Gasteiger partial charge in [-0.2, -0.15) is 0 Å². The molecular weight excluding hydrogens is 320 g/mol. The zero-order chi connectivity index (χ0) is 18.8. The number of hydrogen-bond acceptors (Lipinski definition) is 2. The van der Waals surface area contributed by atoms with Gasteiger partial charge in [-0.1, -0.05) is 76.2 Å². The van der Waals surface area contributed by atoms with E-state index in [1.54, 1.807) is 0 Å². The van der Waals surface area contributed by atoms with Gasteiger partial charge >= 0.3 is 0 Å². The highest BCUT2D eigenvalue weighted by Gasteiger charge is 2.00. The minimum absolute atomic E-state index is 0.624. The largest absolute Gasteiger partial charge is 0.374 e. The van der Waals surface area contributed by atoms with Gasteiger partial charge in [-0.15, -0.1) is 0 Å². The molecule has 0 fully saturated rings. The van der Waals surface area contributed by atoms with Crippen LogP contribution in [0, 0.1) is 11.8 Å². The van der Waals surface area contributed by atoms with Crippen LogP contribution in [0.4, 0.5) is 0 Å². The molecule has 0 N–H and O–H groups in total. The van der Waals surface area contributed by atoms with Crippen molar-refractivity contribution in [3.8, 4) is 0 Å². The monoisotopic (exact) mass is 354 g/mol. The smallest absolute Gasteiger partial charge is 0.0718 e. The molecule has 0 amide bonds. The van der Waals surface area contributed by atoms with Crippen LogP contribution in [-0.2, 0) is 35.5 Å². The number of ether oxygens (including phenoxy) is 2. The third-order valence-electron chi connectivity index (χ3n) is 4.24. The maximum Gasteiger partial charge on any atom is 0.0718 e. The van der Waals surface area contributed by atoms with E-state index in [-0.39, 0.29) is 0 Å². The van der Waals surface area contributed by atoms with E-state index in [1.165, 1.54) is 22.3 Å². The first-order chi connectivity index (χ1) is 12.5. The SMILES string of the molecule is CC(C)Cc1ccc(COCCOCc2ccc(CC(C)C)cc2)cc1. The van der Waals surface area contributed by atoms with Crippen molar-refractivity contribution in [3.63, 3.8) is 0 Å². The molecule has 0 saturated carbocycles. The van der Waals surface area contributed by atoms with Crippen molar-refractivity contribution in [2.75, 3.05) is 13.2 Å². The van der Waals surface area contributed by atoms with Crippen molar-refractivity contribution in [1.82, 2.24) is 0 Å². The fraction of sp³-hybridized carbons (Fsp3) is 0.500. The molecule has 0 aliphatic heterocycles. The predicted octanol–water partition coefficient (Wildman–Crippen LogP) is 5.82. The molecule has 0 heterocycles. The lowest BCUT2D eigenvalue weighted by Crippen LogP contribution is -2.05. The summed E-state index contributed by atoms with van der Waals surface area (Å²) in [5.41, 5.74) is 5.23. The molecule has 0 bridgehead atoms. The van der Waals surface area contributed by atoms with Crippen molar-refractivity contribution in [2.24, 2.45) is 11.8 Å². The Morgan fingerprint density at radius 1 is 0.538 bits per heavy atom. The number of rotatable bonds is 11. The van der Waals surface area contributed by atoms with Gasteiger partial charge in [0, 0.05) is 0 Å². The molecular formula is C24H34O2. The summed E-state index contributed by atoms with van der Waals surface area (Å²) in [6.45, 7) is 11.5. The van der Waals surface area contributed by atoms with Crippen LogP contribution in [0.15, 0.2) is 48.5 Å². The lowest BCUT2D eigenvalue weighted by Gasteiger charge is -2.09. The zero-order valence-corrected chi connectivity index (χ0v) is 16.8. The van der Waals surface area contributed by atoms with Crippen molar-refractivity contribution >= 4 is 0 Å². The summed E-state index contributed by atoms with van der Waals surface area (Å²) < 4.78 is 11.4. The number of hydrogen-bond donors (Lipinski definition) is 0. The minimum Gasteiger partial charge on any atom is -0.374 e. The highest BCUT2D eigenvalue weighted by atomic mass is 16.5. The summed E-state index contributed by atoms with van der Waals surface area (Å²) in [6, 6.07) is 17.5. The first-order valence-electron chi connectivity index (χ1n) is 9.84. The molecule has 0 aromatic heterocycles. The van der Waals surface area contributed by atoms with Gasteiger partial charge in [-0.3, -0.25) is 0 Å². The summed E-state index contributed by atoms with van der Waals surface area (Å²) in [6.07, 6.45) is 2.26. The molecule has 0 radical (unpaired) electrons. The molecule has 0 aliphatic rings. The second-order valence-electron chi connectivity index (χ2n) is 7.93. The molecule has 2 aromatic rings. The molecule has 0 aliphatic carbocycles. The van der Waals surface area contributed by atoms with Crippen LogP contribution in [0.2, 0.25) is 0 Å². The van der Waals surface area contributed by atoms with Gasteiger partial charge in [0.25, 0.3) is 0 Å². The van der Waals surface area contributed by atoms with Crippen LogP contribution < -0.4 is 0 Å². The molecule has 0 unspecified atom stereocenters. The highest BCUT2D eigenvalue weighted by Crippen LogP contribution is 2.12. The molecule has 2 rings (SSSR count). The maximum atomic E-state index is 5.72. The topological polar surface area (TPSA) is 18.5 Å². The lowest BCUT2D eigenvalue weighted by atomic mass is 10.0. The molecule has 142 valence electrons. The fourth-order valence-corrected chi connectivity index (χ4v) is 2.98. The van der Waals surface area contributed by atoms with Gasteiger partial charge in [0.1, 0.15) is 0 Å². The van der Waals surface area contributed by atoms with Gasteiger partial charge < -0.3 is 9.47 Å². The Morgan fingerprint density at radius 2 is 0.846 bits per heavy atom. The summed E-state index contributed by atoms with van der Waals surface area (Å²) in [5, 5.41) is 0. The van der Waals surface area contributed by atoms with E-state index < -0.39 is 0 Å². The Kier molecular flexibility index (Phi) is 8.87. The van der Waals surface area contributed by atoms with Crippen LogP contribution >= 0.6 is 0 Å². The van der Waals surface area contributed by atoms with E-state index in [0.717, 1.165) is 12.8 Å². The van der Waals surface area contributed by atoms with Gasteiger partial charge in [0.15, 0.2) is 0 Å². The summed E-state index contributed by atoms with van der Waals surface area (Å²) in [7, 11) is 0. The summed E-state index contributed by atoms with van der Waals surface area (Å²) in [4.78, 5) is 0. The van der Waals surface area contributed by atoms with E-state index >= 15 is 0 Å². The zero-order valence-electron chi connectivity index (χ0n) is 16.8. The quantitative estimate of drug-likeness (QED) is 0.474. The van der Waals surface area contributed by atoms with E-state index in [0.29, 0.717) is 38.3 Å². The van der Waals surface area contributed by atoms with Crippen molar-refractivity contribution < 1.29 is 9.47 Å². The Hall–Kier alpha value is -1.64. The highest BCUT2D eigenvalue weighted by molar-refractivity contribution is 5.23. The predicted molar refractivity (Wildman–Crippen MR) is 109 cm³/mol. The third kappa shape index (κ3) is 8.16. The average molecular weight is 355 g/mol. The van der Waals surface area contributed by atoms with Crippen LogP contribution in [0.25, 0.3) is 0 Å². The van der Waals surface area contributed by atoms with Gasteiger partial charge in [0.2, 0.25) is 0 Å². The molecule has 0 saturated heterocycles.